The monoisotopic (exact) mass is 225 g/mol. The molecule has 78 valence electrons. The van der Waals surface area contributed by atoms with E-state index >= 15 is 0 Å². The summed E-state index contributed by atoms with van der Waals surface area (Å²) in [6, 6.07) is 5.95. The first-order valence-electron chi connectivity index (χ1n) is 4.24. The molecule has 0 atom stereocenters. The molecular weight excluding hydrogens is 218 g/mol. The highest BCUT2D eigenvalue weighted by molar-refractivity contribution is 6.31. The van der Waals surface area contributed by atoms with E-state index in [9.17, 15) is 9.59 Å². The van der Waals surface area contributed by atoms with E-state index in [1.165, 1.54) is 6.07 Å². The molecule has 0 aromatic heterocycles. The van der Waals surface area contributed by atoms with Gasteiger partial charge in [0.05, 0.1) is 5.69 Å². The quantitative estimate of drug-likeness (QED) is 0.440. The van der Waals surface area contributed by atoms with Crippen LogP contribution < -0.4 is 10.7 Å². The smallest absolute Gasteiger partial charge is 0.272 e. The Morgan fingerprint density at radius 3 is 2.60 bits per heavy atom. The summed E-state index contributed by atoms with van der Waals surface area (Å²) < 4.78 is 0. The normalized spacial score (nSPS) is 16.4. The fourth-order valence-corrected chi connectivity index (χ4v) is 1.57. The third kappa shape index (κ3) is 1.67. The number of carbonyl (C=O) groups is 2. The lowest BCUT2D eigenvalue weighted by atomic mass is 10.3. The maximum Gasteiger partial charge on any atom is 0.346 e. The first-order chi connectivity index (χ1) is 7.09. The van der Waals surface area contributed by atoms with Crippen molar-refractivity contribution < 1.29 is 9.59 Å². The largest absolute Gasteiger partial charge is 0.346 e. The van der Waals surface area contributed by atoms with Gasteiger partial charge >= 0.3 is 6.03 Å². The van der Waals surface area contributed by atoms with Crippen LogP contribution in [-0.4, -0.2) is 23.5 Å². The molecule has 1 aliphatic rings. The number of hydrogen-bond donors (Lipinski definition) is 1. The Labute approximate surface area is 91.0 Å². The van der Waals surface area contributed by atoms with Crippen LogP contribution in [0.5, 0.6) is 0 Å². The zero-order valence-corrected chi connectivity index (χ0v) is 8.44. The van der Waals surface area contributed by atoms with Crippen molar-refractivity contribution in [3.63, 3.8) is 0 Å². The lowest BCUT2D eigenvalue weighted by Gasteiger charge is -2.13. The maximum atomic E-state index is 11.5. The number of hydrogen-bond acceptors (Lipinski definition) is 3. The van der Waals surface area contributed by atoms with Gasteiger partial charge in [-0.1, -0.05) is 17.7 Å². The van der Waals surface area contributed by atoms with Crippen LogP contribution >= 0.6 is 11.6 Å². The Morgan fingerprint density at radius 2 is 2.07 bits per heavy atom. The van der Waals surface area contributed by atoms with E-state index in [2.05, 4.69) is 0 Å². The Hall–Kier alpha value is -1.59. The van der Waals surface area contributed by atoms with Gasteiger partial charge in [0.2, 0.25) is 0 Å². The second-order valence-corrected chi connectivity index (χ2v) is 3.56. The van der Waals surface area contributed by atoms with E-state index in [1.807, 2.05) is 0 Å². The van der Waals surface area contributed by atoms with Gasteiger partial charge in [-0.15, -0.1) is 0 Å². The van der Waals surface area contributed by atoms with Crippen molar-refractivity contribution in [3.05, 3.63) is 29.3 Å². The van der Waals surface area contributed by atoms with Gasteiger partial charge in [-0.2, -0.15) is 0 Å². The predicted molar refractivity (Wildman–Crippen MR) is 55.2 cm³/mol. The average Bonchev–Trinajstić information content (AvgIpc) is 2.41. The lowest BCUT2D eigenvalue weighted by Crippen LogP contribution is -2.36. The summed E-state index contributed by atoms with van der Waals surface area (Å²) in [6.45, 7) is -0.106. The Bertz CT molecular complexity index is 435. The predicted octanol–water partition coefficient (Wildman–Crippen LogP) is 0.982. The molecule has 1 aromatic rings. The van der Waals surface area contributed by atoms with E-state index in [1.54, 1.807) is 18.2 Å². The molecule has 0 spiro atoms. The number of halogens is 1. The first kappa shape index (κ1) is 9.95. The van der Waals surface area contributed by atoms with Crippen LogP contribution in [0, 0.1) is 0 Å². The van der Waals surface area contributed by atoms with Gasteiger partial charge in [-0.3, -0.25) is 9.80 Å². The third-order valence-corrected chi connectivity index (χ3v) is 2.29. The second kappa shape index (κ2) is 3.52. The number of benzene rings is 1. The van der Waals surface area contributed by atoms with Crippen LogP contribution in [0.15, 0.2) is 24.3 Å². The van der Waals surface area contributed by atoms with E-state index in [4.69, 9.17) is 17.4 Å². The van der Waals surface area contributed by atoms with Crippen LogP contribution in [0.25, 0.3) is 0 Å². The molecule has 1 heterocycles. The topological polar surface area (TPSA) is 66.6 Å². The molecule has 15 heavy (non-hydrogen) atoms. The molecule has 1 saturated heterocycles. The third-order valence-electron chi connectivity index (χ3n) is 2.06. The van der Waals surface area contributed by atoms with Crippen LogP contribution in [0.4, 0.5) is 10.5 Å². The van der Waals surface area contributed by atoms with Gasteiger partial charge in [0.25, 0.3) is 5.91 Å². The molecule has 5 nitrogen and oxygen atoms in total. The summed E-state index contributed by atoms with van der Waals surface area (Å²) in [5.41, 5.74) is 0.436. The number of urea groups is 1. The van der Waals surface area contributed by atoms with Crippen LogP contribution in [0.1, 0.15) is 0 Å². The number of amides is 3. The van der Waals surface area contributed by atoms with Crippen molar-refractivity contribution >= 4 is 29.2 Å². The molecule has 0 radical (unpaired) electrons. The number of nitrogens with two attached hydrogens (primary N) is 1. The van der Waals surface area contributed by atoms with Gasteiger partial charge in [0.1, 0.15) is 6.54 Å². The van der Waals surface area contributed by atoms with Crippen molar-refractivity contribution in [1.29, 1.82) is 0 Å². The molecule has 1 aliphatic heterocycles. The van der Waals surface area contributed by atoms with Crippen LogP contribution in [0.3, 0.4) is 0 Å². The molecule has 0 aliphatic carbocycles. The molecule has 1 fully saturated rings. The zero-order chi connectivity index (χ0) is 11.0. The highest BCUT2D eigenvalue weighted by Gasteiger charge is 2.35. The number of hydrazine groups is 1. The molecule has 1 aromatic carbocycles. The fraction of sp³-hybridized carbons (Fsp3) is 0.111. The molecule has 0 unspecified atom stereocenters. The summed E-state index contributed by atoms with van der Waals surface area (Å²) in [4.78, 5) is 23.9. The highest BCUT2D eigenvalue weighted by atomic mass is 35.5. The Balaban J connectivity index is 2.39. The Morgan fingerprint density at radius 1 is 1.33 bits per heavy atom. The van der Waals surface area contributed by atoms with E-state index in [-0.39, 0.29) is 12.5 Å². The van der Waals surface area contributed by atoms with Gasteiger partial charge in [0.15, 0.2) is 0 Å². The molecule has 0 bridgehead atoms. The van der Waals surface area contributed by atoms with E-state index < -0.39 is 6.03 Å². The summed E-state index contributed by atoms with van der Waals surface area (Å²) in [7, 11) is 0. The minimum Gasteiger partial charge on any atom is -0.272 e. The molecule has 2 rings (SSSR count). The summed E-state index contributed by atoms with van der Waals surface area (Å²) >= 11 is 5.76. The van der Waals surface area contributed by atoms with Gasteiger partial charge in [-0.05, 0) is 18.2 Å². The molecule has 6 heteroatoms. The van der Waals surface area contributed by atoms with Gasteiger partial charge in [-0.25, -0.2) is 15.5 Å². The lowest BCUT2D eigenvalue weighted by molar-refractivity contribution is -0.116. The molecule has 2 N–H and O–H groups in total. The van der Waals surface area contributed by atoms with Crippen molar-refractivity contribution in [1.82, 2.24) is 5.01 Å². The van der Waals surface area contributed by atoms with Crippen molar-refractivity contribution in [2.75, 3.05) is 11.4 Å². The second-order valence-electron chi connectivity index (χ2n) is 3.12. The number of carbonyl (C=O) groups excluding carboxylic acids is 2. The summed E-state index contributed by atoms with van der Waals surface area (Å²) in [6.07, 6.45) is 0. The maximum absolute atomic E-state index is 11.5. The van der Waals surface area contributed by atoms with E-state index in [0.717, 1.165) is 9.91 Å². The molecule has 3 amide bonds. The minimum absolute atomic E-state index is 0.106. The van der Waals surface area contributed by atoms with Crippen molar-refractivity contribution in [2.24, 2.45) is 5.84 Å². The standard InChI is InChI=1S/C9H8ClN3O2/c10-6-2-1-3-7(4-6)13-8(14)5-12(11)9(13)15/h1-4H,5,11H2. The number of rotatable bonds is 1. The van der Waals surface area contributed by atoms with Crippen LogP contribution in [-0.2, 0) is 4.79 Å². The first-order valence-corrected chi connectivity index (χ1v) is 4.62. The van der Waals surface area contributed by atoms with E-state index in [0.29, 0.717) is 10.7 Å². The molecular formula is C9H8ClN3O2. The number of imide groups is 1. The van der Waals surface area contributed by atoms with Gasteiger partial charge in [0, 0.05) is 5.02 Å². The Kier molecular flexibility index (Phi) is 2.34. The number of anilines is 1. The SMILES string of the molecule is NN1CC(=O)N(c2cccc(Cl)c2)C1=O. The summed E-state index contributed by atoms with van der Waals surface area (Å²) in [5, 5.41) is 1.33. The van der Waals surface area contributed by atoms with Crippen molar-refractivity contribution in [3.8, 4) is 0 Å². The van der Waals surface area contributed by atoms with Crippen molar-refractivity contribution in [2.45, 2.75) is 0 Å². The minimum atomic E-state index is -0.540. The highest BCUT2D eigenvalue weighted by Crippen LogP contribution is 2.22. The van der Waals surface area contributed by atoms with Gasteiger partial charge < -0.3 is 0 Å². The average molecular weight is 226 g/mol. The fourth-order valence-electron chi connectivity index (χ4n) is 1.39. The van der Waals surface area contributed by atoms with Crippen LogP contribution in [0.2, 0.25) is 5.02 Å². The molecule has 0 saturated carbocycles. The zero-order valence-electron chi connectivity index (χ0n) is 7.68. The summed E-state index contributed by atoms with van der Waals surface area (Å²) in [5.74, 6) is 4.97. The number of nitrogens with zero attached hydrogens (tertiary/aromatic N) is 2.